The lowest BCUT2D eigenvalue weighted by Gasteiger charge is -2.11. The van der Waals surface area contributed by atoms with Gasteiger partial charge >= 0.3 is 5.97 Å². The van der Waals surface area contributed by atoms with Crippen molar-refractivity contribution in [1.29, 1.82) is 5.26 Å². The summed E-state index contributed by atoms with van der Waals surface area (Å²) in [6, 6.07) is 5.39. The molecular weight excluding hydrogens is 236 g/mol. The molecule has 0 radical (unpaired) electrons. The van der Waals surface area contributed by atoms with Crippen molar-refractivity contribution in [3.8, 4) is 6.07 Å². The Morgan fingerprint density at radius 3 is 2.76 bits per heavy atom. The van der Waals surface area contributed by atoms with Crippen molar-refractivity contribution in [2.24, 2.45) is 5.73 Å². The SMILES string of the molecule is CCOC(=O)Cc1c(C#N)ccc(S)c1CN. The predicted molar refractivity (Wildman–Crippen MR) is 66.6 cm³/mol. The molecule has 1 aromatic rings. The summed E-state index contributed by atoms with van der Waals surface area (Å²) in [6.45, 7) is 2.30. The summed E-state index contributed by atoms with van der Waals surface area (Å²) in [5, 5.41) is 9.00. The van der Waals surface area contributed by atoms with E-state index in [0.717, 1.165) is 5.56 Å². The Balaban J connectivity index is 3.15. The third kappa shape index (κ3) is 3.22. The zero-order chi connectivity index (χ0) is 12.8. The van der Waals surface area contributed by atoms with E-state index in [2.05, 4.69) is 12.6 Å². The van der Waals surface area contributed by atoms with Crippen LogP contribution in [0.1, 0.15) is 23.6 Å². The molecule has 0 bridgehead atoms. The summed E-state index contributed by atoms with van der Waals surface area (Å²) < 4.78 is 4.87. The van der Waals surface area contributed by atoms with Gasteiger partial charge in [-0.2, -0.15) is 5.26 Å². The molecule has 0 aliphatic heterocycles. The van der Waals surface area contributed by atoms with Crippen LogP contribution in [0.2, 0.25) is 0 Å². The van der Waals surface area contributed by atoms with Crippen molar-refractivity contribution in [1.82, 2.24) is 0 Å². The molecule has 0 unspecified atom stereocenters. The molecule has 0 fully saturated rings. The van der Waals surface area contributed by atoms with Gasteiger partial charge in [0.2, 0.25) is 0 Å². The van der Waals surface area contributed by atoms with Crippen LogP contribution in [-0.2, 0) is 22.5 Å². The van der Waals surface area contributed by atoms with E-state index in [9.17, 15) is 4.79 Å². The molecule has 0 aliphatic carbocycles. The highest BCUT2D eigenvalue weighted by Crippen LogP contribution is 2.22. The first kappa shape index (κ1) is 13.6. The standard InChI is InChI=1S/C12H14N2O2S/c1-2-16-12(15)5-9-8(6-13)3-4-11(17)10(9)7-14/h3-4,17H,2,5,7,14H2,1H3. The molecule has 1 rings (SSSR count). The van der Waals surface area contributed by atoms with Crippen LogP contribution >= 0.6 is 12.6 Å². The number of hydrogen-bond acceptors (Lipinski definition) is 5. The first-order valence-corrected chi connectivity index (χ1v) is 5.68. The average Bonchev–Trinajstić information content (AvgIpc) is 2.30. The van der Waals surface area contributed by atoms with Crippen molar-refractivity contribution in [3.05, 3.63) is 28.8 Å². The minimum Gasteiger partial charge on any atom is -0.466 e. The highest BCUT2D eigenvalue weighted by atomic mass is 32.1. The van der Waals surface area contributed by atoms with Gasteiger partial charge in [-0.05, 0) is 30.2 Å². The Morgan fingerprint density at radius 2 is 2.24 bits per heavy atom. The third-order valence-corrected chi connectivity index (χ3v) is 2.78. The fourth-order valence-electron chi connectivity index (χ4n) is 1.57. The van der Waals surface area contributed by atoms with Gasteiger partial charge in [-0.25, -0.2) is 0 Å². The first-order chi connectivity index (χ1) is 8.13. The Hall–Kier alpha value is -1.51. The number of carbonyl (C=O) groups excluding carboxylic acids is 1. The lowest BCUT2D eigenvalue weighted by atomic mass is 9.98. The molecule has 2 N–H and O–H groups in total. The molecular formula is C12H14N2O2S. The van der Waals surface area contributed by atoms with E-state index in [1.807, 2.05) is 6.07 Å². The predicted octanol–water partition coefficient (Wildman–Crippen LogP) is 1.41. The van der Waals surface area contributed by atoms with E-state index in [1.165, 1.54) is 0 Å². The van der Waals surface area contributed by atoms with Crippen LogP contribution in [0.5, 0.6) is 0 Å². The van der Waals surface area contributed by atoms with Crippen LogP contribution in [0.25, 0.3) is 0 Å². The zero-order valence-corrected chi connectivity index (χ0v) is 10.5. The van der Waals surface area contributed by atoms with Gasteiger partial charge in [-0.3, -0.25) is 4.79 Å². The van der Waals surface area contributed by atoms with E-state index in [-0.39, 0.29) is 18.9 Å². The zero-order valence-electron chi connectivity index (χ0n) is 9.56. The van der Waals surface area contributed by atoms with Gasteiger partial charge in [0.15, 0.2) is 0 Å². The molecule has 0 saturated carbocycles. The molecule has 1 aromatic carbocycles. The Bertz CT molecular complexity index is 466. The number of thiol groups is 1. The second kappa shape index (κ2) is 6.28. The largest absolute Gasteiger partial charge is 0.466 e. The molecule has 0 aliphatic rings. The van der Waals surface area contributed by atoms with Crippen LogP contribution < -0.4 is 5.73 Å². The fraction of sp³-hybridized carbons (Fsp3) is 0.333. The monoisotopic (exact) mass is 250 g/mol. The van der Waals surface area contributed by atoms with E-state index < -0.39 is 0 Å². The summed E-state index contributed by atoms with van der Waals surface area (Å²) in [5.74, 6) is -0.363. The maximum atomic E-state index is 11.5. The molecule has 0 amide bonds. The summed E-state index contributed by atoms with van der Waals surface area (Å²) in [7, 11) is 0. The summed E-state index contributed by atoms with van der Waals surface area (Å²) in [5.41, 5.74) is 7.39. The maximum Gasteiger partial charge on any atom is 0.310 e. The van der Waals surface area contributed by atoms with Gasteiger partial charge in [-0.1, -0.05) is 0 Å². The minimum absolute atomic E-state index is 0.0532. The van der Waals surface area contributed by atoms with Gasteiger partial charge in [0.25, 0.3) is 0 Å². The number of esters is 1. The number of nitrogens with two attached hydrogens (primary N) is 1. The van der Waals surface area contributed by atoms with Crippen molar-refractivity contribution >= 4 is 18.6 Å². The van der Waals surface area contributed by atoms with Gasteiger partial charge in [0, 0.05) is 11.4 Å². The third-order valence-electron chi connectivity index (χ3n) is 2.36. The second-order valence-corrected chi connectivity index (χ2v) is 3.87. The molecule has 0 atom stereocenters. The van der Waals surface area contributed by atoms with E-state index >= 15 is 0 Å². The highest BCUT2D eigenvalue weighted by molar-refractivity contribution is 7.80. The lowest BCUT2D eigenvalue weighted by molar-refractivity contribution is -0.142. The van der Waals surface area contributed by atoms with Gasteiger partial charge in [0.05, 0.1) is 24.7 Å². The molecule has 0 spiro atoms. The fourth-order valence-corrected chi connectivity index (χ4v) is 1.87. The van der Waals surface area contributed by atoms with Crippen LogP contribution in [0.4, 0.5) is 0 Å². The summed E-state index contributed by atoms with van der Waals surface area (Å²) in [6.07, 6.45) is 0.0532. The highest BCUT2D eigenvalue weighted by Gasteiger charge is 2.14. The number of hydrogen-bond donors (Lipinski definition) is 2. The van der Waals surface area contributed by atoms with Crippen LogP contribution in [0.15, 0.2) is 17.0 Å². The number of ether oxygens (including phenoxy) is 1. The smallest absolute Gasteiger partial charge is 0.310 e. The maximum absolute atomic E-state index is 11.5. The summed E-state index contributed by atoms with van der Waals surface area (Å²) in [4.78, 5) is 12.1. The molecule has 4 nitrogen and oxygen atoms in total. The van der Waals surface area contributed by atoms with Gasteiger partial charge < -0.3 is 10.5 Å². The van der Waals surface area contributed by atoms with Crippen molar-refractivity contribution in [2.45, 2.75) is 24.8 Å². The van der Waals surface area contributed by atoms with Gasteiger partial charge in [-0.15, -0.1) is 12.6 Å². The molecule has 5 heteroatoms. The minimum atomic E-state index is -0.363. The van der Waals surface area contributed by atoms with E-state index in [1.54, 1.807) is 19.1 Å². The Morgan fingerprint density at radius 1 is 1.53 bits per heavy atom. The second-order valence-electron chi connectivity index (χ2n) is 3.39. The number of rotatable bonds is 4. The average molecular weight is 250 g/mol. The Labute approximate surface area is 106 Å². The van der Waals surface area contributed by atoms with E-state index in [4.69, 9.17) is 15.7 Å². The number of benzene rings is 1. The molecule has 0 saturated heterocycles. The van der Waals surface area contributed by atoms with Crippen LogP contribution in [-0.4, -0.2) is 12.6 Å². The number of nitrogens with zero attached hydrogens (tertiary/aromatic N) is 1. The van der Waals surface area contributed by atoms with E-state index in [0.29, 0.717) is 22.6 Å². The van der Waals surface area contributed by atoms with Crippen LogP contribution in [0, 0.1) is 11.3 Å². The Kier molecular flexibility index (Phi) is 5.01. The van der Waals surface area contributed by atoms with Gasteiger partial charge in [0.1, 0.15) is 0 Å². The quantitative estimate of drug-likeness (QED) is 0.626. The van der Waals surface area contributed by atoms with Crippen LogP contribution in [0.3, 0.4) is 0 Å². The lowest BCUT2D eigenvalue weighted by Crippen LogP contribution is -2.13. The molecule has 17 heavy (non-hydrogen) atoms. The summed E-state index contributed by atoms with van der Waals surface area (Å²) >= 11 is 4.27. The normalized spacial score (nSPS) is 9.76. The first-order valence-electron chi connectivity index (χ1n) is 5.23. The van der Waals surface area contributed by atoms with Crippen molar-refractivity contribution in [2.75, 3.05) is 6.61 Å². The molecule has 90 valence electrons. The molecule has 0 heterocycles. The number of nitriles is 1. The van der Waals surface area contributed by atoms with Crippen molar-refractivity contribution in [3.63, 3.8) is 0 Å². The number of carbonyl (C=O) groups is 1. The molecule has 0 aromatic heterocycles. The van der Waals surface area contributed by atoms with Crippen molar-refractivity contribution < 1.29 is 9.53 Å². The topological polar surface area (TPSA) is 76.1 Å².